The van der Waals surface area contributed by atoms with Crippen molar-refractivity contribution in [2.24, 2.45) is 0 Å². The molecule has 0 aliphatic carbocycles. The predicted molar refractivity (Wildman–Crippen MR) is 101 cm³/mol. The number of anilines is 1. The van der Waals surface area contributed by atoms with E-state index in [1.165, 1.54) is 14.0 Å². The van der Waals surface area contributed by atoms with Crippen LogP contribution in [0.5, 0.6) is 5.75 Å². The van der Waals surface area contributed by atoms with Crippen molar-refractivity contribution in [2.75, 3.05) is 19.0 Å². The van der Waals surface area contributed by atoms with Crippen LogP contribution in [0, 0.1) is 6.92 Å². The van der Waals surface area contributed by atoms with Crippen LogP contribution in [0.3, 0.4) is 0 Å². The molecule has 0 unspecified atom stereocenters. The van der Waals surface area contributed by atoms with Crippen LogP contribution in [0.2, 0.25) is 0 Å². The SMILES string of the molecule is COc1cccc(NC(=O)[C@H](C)OC(=O)CNC(=O)c2cccc(C)c2)c1. The molecular formula is C20H22N2O5. The van der Waals surface area contributed by atoms with Gasteiger partial charge in [-0.3, -0.25) is 14.4 Å². The van der Waals surface area contributed by atoms with Gasteiger partial charge in [-0.2, -0.15) is 0 Å². The Kier molecular flexibility index (Phi) is 6.93. The molecule has 0 heterocycles. The zero-order valence-electron chi connectivity index (χ0n) is 15.4. The first-order valence-electron chi connectivity index (χ1n) is 8.38. The Balaban J connectivity index is 1.82. The lowest BCUT2D eigenvalue weighted by Gasteiger charge is -2.14. The molecule has 0 saturated carbocycles. The first-order chi connectivity index (χ1) is 12.9. The summed E-state index contributed by atoms with van der Waals surface area (Å²) in [5.41, 5.74) is 1.91. The van der Waals surface area contributed by atoms with Crippen molar-refractivity contribution < 1.29 is 23.9 Å². The Bertz CT molecular complexity index is 835. The standard InChI is InChI=1S/C20H22N2O5/c1-13-6-4-7-15(10-13)20(25)21-12-18(23)27-14(2)19(24)22-16-8-5-9-17(11-16)26-3/h4-11,14H,12H2,1-3H3,(H,21,25)(H,22,24)/t14-/m0/s1. The highest BCUT2D eigenvalue weighted by Gasteiger charge is 2.18. The molecule has 0 fully saturated rings. The third-order valence-electron chi connectivity index (χ3n) is 3.69. The molecule has 1 atom stereocenters. The van der Waals surface area contributed by atoms with Gasteiger partial charge in [-0.05, 0) is 38.1 Å². The number of amides is 2. The second kappa shape index (κ2) is 9.38. The van der Waals surface area contributed by atoms with Crippen LogP contribution in [-0.2, 0) is 14.3 Å². The van der Waals surface area contributed by atoms with Crippen LogP contribution in [-0.4, -0.2) is 37.5 Å². The Morgan fingerprint density at radius 3 is 2.52 bits per heavy atom. The van der Waals surface area contributed by atoms with E-state index in [9.17, 15) is 14.4 Å². The van der Waals surface area contributed by atoms with Crippen LogP contribution < -0.4 is 15.4 Å². The largest absolute Gasteiger partial charge is 0.497 e. The van der Waals surface area contributed by atoms with Crippen molar-refractivity contribution in [1.82, 2.24) is 5.32 Å². The minimum Gasteiger partial charge on any atom is -0.497 e. The summed E-state index contributed by atoms with van der Waals surface area (Å²) >= 11 is 0. The number of benzene rings is 2. The molecule has 2 aromatic carbocycles. The number of carbonyl (C=O) groups excluding carboxylic acids is 3. The zero-order valence-corrected chi connectivity index (χ0v) is 15.4. The maximum atomic E-state index is 12.1. The molecule has 27 heavy (non-hydrogen) atoms. The fourth-order valence-corrected chi connectivity index (χ4v) is 2.28. The lowest BCUT2D eigenvalue weighted by Crippen LogP contribution is -2.35. The molecule has 2 rings (SSSR count). The summed E-state index contributed by atoms with van der Waals surface area (Å²) in [6.07, 6.45) is -1.01. The van der Waals surface area contributed by atoms with Gasteiger partial charge in [0.1, 0.15) is 12.3 Å². The molecule has 2 N–H and O–H groups in total. The Morgan fingerprint density at radius 2 is 1.81 bits per heavy atom. The van der Waals surface area contributed by atoms with E-state index in [4.69, 9.17) is 9.47 Å². The molecule has 142 valence electrons. The lowest BCUT2D eigenvalue weighted by molar-refractivity contribution is -0.152. The maximum absolute atomic E-state index is 12.1. The highest BCUT2D eigenvalue weighted by Crippen LogP contribution is 2.17. The third kappa shape index (κ3) is 6.14. The normalized spacial score (nSPS) is 11.2. The monoisotopic (exact) mass is 370 g/mol. The Hall–Kier alpha value is -3.35. The van der Waals surface area contributed by atoms with E-state index in [-0.39, 0.29) is 12.5 Å². The van der Waals surface area contributed by atoms with Crippen molar-refractivity contribution >= 4 is 23.5 Å². The van der Waals surface area contributed by atoms with E-state index >= 15 is 0 Å². The van der Waals surface area contributed by atoms with E-state index in [1.54, 1.807) is 42.5 Å². The maximum Gasteiger partial charge on any atom is 0.326 e. The first kappa shape index (κ1) is 20.0. The molecule has 0 aromatic heterocycles. The summed E-state index contributed by atoms with van der Waals surface area (Å²) < 4.78 is 10.1. The van der Waals surface area contributed by atoms with E-state index in [0.29, 0.717) is 17.0 Å². The second-order valence-electron chi connectivity index (χ2n) is 5.91. The minimum atomic E-state index is -1.01. The van der Waals surface area contributed by atoms with Crippen molar-refractivity contribution in [1.29, 1.82) is 0 Å². The number of rotatable bonds is 7. The number of nitrogens with one attached hydrogen (secondary N) is 2. The number of carbonyl (C=O) groups is 3. The zero-order chi connectivity index (χ0) is 19.8. The molecule has 0 spiro atoms. The van der Waals surface area contributed by atoms with Crippen LogP contribution in [0.4, 0.5) is 5.69 Å². The molecular weight excluding hydrogens is 348 g/mol. The fourth-order valence-electron chi connectivity index (χ4n) is 2.28. The number of esters is 1. The lowest BCUT2D eigenvalue weighted by atomic mass is 10.1. The highest BCUT2D eigenvalue weighted by atomic mass is 16.5. The van der Waals surface area contributed by atoms with Gasteiger partial charge in [-0.15, -0.1) is 0 Å². The predicted octanol–water partition coefficient (Wildman–Crippen LogP) is 2.30. The Labute approximate surface area is 157 Å². The molecule has 0 aliphatic rings. The summed E-state index contributed by atoms with van der Waals surface area (Å²) in [6, 6.07) is 13.8. The summed E-state index contributed by atoms with van der Waals surface area (Å²) in [6.45, 7) is 2.99. The highest BCUT2D eigenvalue weighted by molar-refractivity contribution is 5.97. The van der Waals surface area contributed by atoms with Crippen LogP contribution in [0.25, 0.3) is 0 Å². The summed E-state index contributed by atoms with van der Waals surface area (Å²) in [5.74, 6) is -0.980. The number of ether oxygens (including phenoxy) is 2. The molecule has 2 aromatic rings. The van der Waals surface area contributed by atoms with Crippen molar-refractivity contribution in [3.8, 4) is 5.75 Å². The quantitative estimate of drug-likeness (QED) is 0.730. The number of methoxy groups -OCH3 is 1. The van der Waals surface area contributed by atoms with E-state index in [2.05, 4.69) is 10.6 Å². The van der Waals surface area contributed by atoms with Gasteiger partial charge < -0.3 is 20.1 Å². The summed E-state index contributed by atoms with van der Waals surface area (Å²) in [5, 5.41) is 5.11. The average Bonchev–Trinajstić information content (AvgIpc) is 2.66. The van der Waals surface area contributed by atoms with Gasteiger partial charge in [0, 0.05) is 17.3 Å². The van der Waals surface area contributed by atoms with E-state index in [0.717, 1.165) is 5.56 Å². The number of hydrogen-bond acceptors (Lipinski definition) is 5. The van der Waals surface area contributed by atoms with Crippen LogP contribution in [0.1, 0.15) is 22.8 Å². The van der Waals surface area contributed by atoms with Gasteiger partial charge in [0.05, 0.1) is 7.11 Å². The minimum absolute atomic E-state index is 0.330. The molecule has 0 radical (unpaired) electrons. The summed E-state index contributed by atoms with van der Waals surface area (Å²) in [4.78, 5) is 36.0. The van der Waals surface area contributed by atoms with Gasteiger partial charge in [0.15, 0.2) is 6.10 Å². The average molecular weight is 370 g/mol. The van der Waals surface area contributed by atoms with E-state index < -0.39 is 18.0 Å². The second-order valence-corrected chi connectivity index (χ2v) is 5.91. The van der Waals surface area contributed by atoms with Gasteiger partial charge in [-0.1, -0.05) is 23.8 Å². The summed E-state index contributed by atoms with van der Waals surface area (Å²) in [7, 11) is 1.52. The topological polar surface area (TPSA) is 93.7 Å². The molecule has 7 nitrogen and oxygen atoms in total. The van der Waals surface area contributed by atoms with Gasteiger partial charge in [0.25, 0.3) is 11.8 Å². The van der Waals surface area contributed by atoms with Crippen molar-refractivity contribution in [3.63, 3.8) is 0 Å². The van der Waals surface area contributed by atoms with Gasteiger partial charge in [-0.25, -0.2) is 0 Å². The number of hydrogen-bond donors (Lipinski definition) is 2. The molecule has 0 saturated heterocycles. The Morgan fingerprint density at radius 1 is 1.07 bits per heavy atom. The number of aryl methyl sites for hydroxylation is 1. The van der Waals surface area contributed by atoms with Crippen LogP contribution >= 0.6 is 0 Å². The molecule has 2 amide bonds. The molecule has 7 heteroatoms. The fraction of sp³-hybridized carbons (Fsp3) is 0.250. The van der Waals surface area contributed by atoms with Gasteiger partial charge >= 0.3 is 5.97 Å². The van der Waals surface area contributed by atoms with Crippen LogP contribution in [0.15, 0.2) is 48.5 Å². The van der Waals surface area contributed by atoms with E-state index in [1.807, 2.05) is 13.0 Å². The first-order valence-corrected chi connectivity index (χ1v) is 8.38. The van der Waals surface area contributed by atoms with Crippen molar-refractivity contribution in [2.45, 2.75) is 20.0 Å². The van der Waals surface area contributed by atoms with Crippen molar-refractivity contribution in [3.05, 3.63) is 59.7 Å². The van der Waals surface area contributed by atoms with Gasteiger partial charge in [0.2, 0.25) is 0 Å². The molecule has 0 aliphatic heterocycles. The molecule has 0 bridgehead atoms. The smallest absolute Gasteiger partial charge is 0.326 e. The third-order valence-corrected chi connectivity index (χ3v) is 3.69.